The molecule has 4 nitrogen and oxygen atoms in total. The van der Waals surface area contributed by atoms with Gasteiger partial charge in [0.05, 0.1) is 11.2 Å². The van der Waals surface area contributed by atoms with Gasteiger partial charge in [-0.1, -0.05) is 20.8 Å². The molecular formula is C15H28O4S. The lowest BCUT2D eigenvalue weighted by Gasteiger charge is -2.38. The molecule has 5 heteroatoms. The Kier molecular flexibility index (Phi) is 6.05. The van der Waals surface area contributed by atoms with Crippen molar-refractivity contribution in [2.24, 2.45) is 17.3 Å². The summed E-state index contributed by atoms with van der Waals surface area (Å²) in [5.74, 6) is 0.729. The highest BCUT2D eigenvalue weighted by Crippen LogP contribution is 2.44. The van der Waals surface area contributed by atoms with Crippen LogP contribution < -0.4 is 0 Å². The van der Waals surface area contributed by atoms with Crippen molar-refractivity contribution >= 4 is 15.8 Å². The van der Waals surface area contributed by atoms with Gasteiger partial charge in [0.25, 0.3) is 0 Å². The number of hydrogen-bond acceptors (Lipinski definition) is 3. The van der Waals surface area contributed by atoms with E-state index in [1.165, 1.54) is 0 Å². The van der Waals surface area contributed by atoms with Crippen LogP contribution in [0.5, 0.6) is 0 Å². The minimum Gasteiger partial charge on any atom is -0.481 e. The summed E-state index contributed by atoms with van der Waals surface area (Å²) in [7, 11) is -2.99. The second-order valence-electron chi connectivity index (χ2n) is 6.51. The average Bonchev–Trinajstić information content (AvgIpc) is 2.38. The van der Waals surface area contributed by atoms with E-state index in [1.54, 1.807) is 6.92 Å². The average molecular weight is 304 g/mol. The van der Waals surface area contributed by atoms with Crippen LogP contribution in [0.1, 0.15) is 59.3 Å². The van der Waals surface area contributed by atoms with Gasteiger partial charge >= 0.3 is 5.97 Å². The molecule has 0 unspecified atom stereocenters. The molecule has 0 spiro atoms. The zero-order valence-corrected chi connectivity index (χ0v) is 13.7. The Balaban J connectivity index is 2.60. The third-order valence-corrected chi connectivity index (χ3v) is 6.72. The van der Waals surface area contributed by atoms with E-state index in [0.717, 1.165) is 12.8 Å². The van der Waals surface area contributed by atoms with Gasteiger partial charge in [-0.3, -0.25) is 4.79 Å². The van der Waals surface area contributed by atoms with Crippen LogP contribution >= 0.6 is 0 Å². The van der Waals surface area contributed by atoms with Gasteiger partial charge < -0.3 is 5.11 Å². The maximum Gasteiger partial charge on any atom is 0.309 e. The number of aliphatic carboxylic acids is 1. The Labute approximate surface area is 122 Å². The largest absolute Gasteiger partial charge is 0.481 e. The first-order valence-electron chi connectivity index (χ1n) is 7.66. The van der Waals surface area contributed by atoms with Crippen LogP contribution in [0, 0.1) is 17.3 Å². The van der Waals surface area contributed by atoms with Crippen molar-refractivity contribution < 1.29 is 18.3 Å². The SMILES string of the molecule is CCS(=O)(=O)CCCC1(C(=O)O)CCC(C(C)C)CC1. The van der Waals surface area contributed by atoms with Crippen molar-refractivity contribution in [1.82, 2.24) is 0 Å². The molecule has 1 rings (SSSR count). The first-order chi connectivity index (χ1) is 9.22. The minimum atomic E-state index is -2.99. The molecule has 1 saturated carbocycles. The molecule has 1 aliphatic carbocycles. The molecular weight excluding hydrogens is 276 g/mol. The Morgan fingerprint density at radius 2 is 1.85 bits per heavy atom. The van der Waals surface area contributed by atoms with Crippen LogP contribution in [0.15, 0.2) is 0 Å². The molecule has 0 radical (unpaired) electrons. The van der Waals surface area contributed by atoms with Gasteiger partial charge in [-0.2, -0.15) is 0 Å². The molecule has 0 aliphatic heterocycles. The number of carboxylic acid groups (broad SMARTS) is 1. The molecule has 0 bridgehead atoms. The minimum absolute atomic E-state index is 0.117. The molecule has 0 heterocycles. The zero-order chi connectivity index (χ0) is 15.4. The quantitative estimate of drug-likeness (QED) is 0.784. The zero-order valence-electron chi connectivity index (χ0n) is 12.9. The van der Waals surface area contributed by atoms with Crippen LogP contribution in [0.3, 0.4) is 0 Å². The second-order valence-corrected chi connectivity index (χ2v) is 8.98. The fourth-order valence-electron chi connectivity index (χ4n) is 3.20. The predicted molar refractivity (Wildman–Crippen MR) is 80.4 cm³/mol. The molecule has 0 aromatic rings. The highest BCUT2D eigenvalue weighted by atomic mass is 32.2. The molecule has 118 valence electrons. The normalized spacial score (nSPS) is 27.7. The third-order valence-electron chi connectivity index (χ3n) is 4.93. The molecule has 1 fully saturated rings. The van der Waals surface area contributed by atoms with E-state index in [-0.39, 0.29) is 11.5 Å². The van der Waals surface area contributed by atoms with Crippen LogP contribution in [-0.4, -0.2) is 31.0 Å². The number of rotatable bonds is 7. The number of hydrogen-bond donors (Lipinski definition) is 1. The molecule has 0 amide bonds. The summed E-state index contributed by atoms with van der Waals surface area (Å²) in [6.45, 7) is 6.01. The van der Waals surface area contributed by atoms with Gasteiger partial charge in [0.15, 0.2) is 0 Å². The van der Waals surface area contributed by atoms with E-state index in [4.69, 9.17) is 0 Å². The third kappa shape index (κ3) is 4.47. The van der Waals surface area contributed by atoms with E-state index in [0.29, 0.717) is 37.5 Å². The van der Waals surface area contributed by atoms with E-state index in [9.17, 15) is 18.3 Å². The standard InChI is InChI=1S/C15H28O4S/c1-4-20(18,19)11-5-8-15(14(16)17)9-6-13(7-10-15)12(2)3/h12-13H,4-11H2,1-3H3,(H,16,17). The van der Waals surface area contributed by atoms with Crippen LogP contribution in [-0.2, 0) is 14.6 Å². The van der Waals surface area contributed by atoms with Gasteiger partial charge in [0, 0.05) is 5.75 Å². The summed E-state index contributed by atoms with van der Waals surface area (Å²) in [5.41, 5.74) is -0.686. The molecule has 0 aromatic heterocycles. The molecule has 1 N–H and O–H groups in total. The van der Waals surface area contributed by atoms with Crippen molar-refractivity contribution in [3.8, 4) is 0 Å². The highest BCUT2D eigenvalue weighted by molar-refractivity contribution is 7.91. The predicted octanol–water partition coefficient (Wildman–Crippen LogP) is 3.12. The summed E-state index contributed by atoms with van der Waals surface area (Å²) in [5, 5.41) is 9.55. The fourth-order valence-corrected chi connectivity index (χ4v) is 4.08. The number of carbonyl (C=O) groups is 1. The van der Waals surface area contributed by atoms with E-state index < -0.39 is 21.2 Å². The fraction of sp³-hybridized carbons (Fsp3) is 0.933. The Morgan fingerprint density at radius 1 is 1.30 bits per heavy atom. The van der Waals surface area contributed by atoms with Crippen molar-refractivity contribution in [3.05, 3.63) is 0 Å². The Morgan fingerprint density at radius 3 is 2.25 bits per heavy atom. The maximum absolute atomic E-state index is 11.6. The summed E-state index contributed by atoms with van der Waals surface area (Å²) >= 11 is 0. The van der Waals surface area contributed by atoms with Gasteiger partial charge in [0.2, 0.25) is 0 Å². The summed E-state index contributed by atoms with van der Waals surface area (Å²) < 4.78 is 23.0. The first-order valence-corrected chi connectivity index (χ1v) is 9.48. The maximum atomic E-state index is 11.6. The summed E-state index contributed by atoms with van der Waals surface area (Å²) in [6.07, 6.45) is 4.24. The topological polar surface area (TPSA) is 71.4 Å². The van der Waals surface area contributed by atoms with Crippen molar-refractivity contribution in [1.29, 1.82) is 0 Å². The van der Waals surface area contributed by atoms with Crippen LogP contribution in [0.2, 0.25) is 0 Å². The van der Waals surface area contributed by atoms with Gasteiger partial charge in [-0.25, -0.2) is 8.42 Å². The van der Waals surface area contributed by atoms with E-state index in [1.807, 2.05) is 0 Å². The summed E-state index contributed by atoms with van der Waals surface area (Å²) in [6, 6.07) is 0. The first kappa shape index (κ1) is 17.5. The van der Waals surface area contributed by atoms with E-state index >= 15 is 0 Å². The lowest BCUT2D eigenvalue weighted by atomic mass is 9.66. The smallest absolute Gasteiger partial charge is 0.309 e. The van der Waals surface area contributed by atoms with E-state index in [2.05, 4.69) is 13.8 Å². The number of sulfone groups is 1. The lowest BCUT2D eigenvalue weighted by Crippen LogP contribution is -2.36. The molecule has 20 heavy (non-hydrogen) atoms. The van der Waals surface area contributed by atoms with Crippen LogP contribution in [0.4, 0.5) is 0 Å². The molecule has 0 aromatic carbocycles. The summed E-state index contributed by atoms with van der Waals surface area (Å²) in [4.78, 5) is 11.6. The monoisotopic (exact) mass is 304 g/mol. The van der Waals surface area contributed by atoms with Crippen LogP contribution in [0.25, 0.3) is 0 Å². The Bertz CT molecular complexity index is 417. The van der Waals surface area contributed by atoms with Gasteiger partial charge in [-0.15, -0.1) is 0 Å². The highest BCUT2D eigenvalue weighted by Gasteiger charge is 2.41. The van der Waals surface area contributed by atoms with Gasteiger partial charge in [0.1, 0.15) is 9.84 Å². The van der Waals surface area contributed by atoms with Crippen molar-refractivity contribution in [3.63, 3.8) is 0 Å². The molecule has 1 aliphatic rings. The molecule has 0 atom stereocenters. The van der Waals surface area contributed by atoms with Crippen molar-refractivity contribution in [2.75, 3.05) is 11.5 Å². The lowest BCUT2D eigenvalue weighted by molar-refractivity contribution is -0.152. The molecule has 0 saturated heterocycles. The second kappa shape index (κ2) is 6.92. The van der Waals surface area contributed by atoms with Gasteiger partial charge in [-0.05, 0) is 50.4 Å². The van der Waals surface area contributed by atoms with Crippen molar-refractivity contribution in [2.45, 2.75) is 59.3 Å². The number of carboxylic acids is 1. The Hall–Kier alpha value is -0.580.